The van der Waals surface area contributed by atoms with Gasteiger partial charge in [-0.1, -0.05) is 36.4 Å². The van der Waals surface area contributed by atoms with E-state index in [-0.39, 0.29) is 11.7 Å². The molecule has 1 aromatic rings. The summed E-state index contributed by atoms with van der Waals surface area (Å²) in [6.45, 7) is 6.29. The summed E-state index contributed by atoms with van der Waals surface area (Å²) in [6.07, 6.45) is 6.91. The predicted molar refractivity (Wildman–Crippen MR) is 98.3 cm³/mol. The highest BCUT2D eigenvalue weighted by Crippen LogP contribution is 2.47. The molecule has 0 radical (unpaired) electrons. The predicted octanol–water partition coefficient (Wildman–Crippen LogP) is 5.17. The largest absolute Gasteiger partial charge is 0.366 e. The first-order chi connectivity index (χ1) is 10.3. The van der Waals surface area contributed by atoms with Crippen molar-refractivity contribution < 1.29 is 4.74 Å². The van der Waals surface area contributed by atoms with Crippen LogP contribution in [0.3, 0.4) is 0 Å². The molecule has 2 unspecified atom stereocenters. The van der Waals surface area contributed by atoms with Gasteiger partial charge in [0.15, 0.2) is 0 Å². The smallest absolute Gasteiger partial charge is 0.0833 e. The van der Waals surface area contributed by atoms with Gasteiger partial charge in [-0.15, -0.1) is 6.58 Å². The van der Waals surface area contributed by atoms with Crippen molar-refractivity contribution in [3.63, 3.8) is 0 Å². The Hall–Kier alpha value is -0.0400. The van der Waals surface area contributed by atoms with E-state index in [1.165, 1.54) is 12.0 Å². The molecule has 1 spiro atoms. The highest BCUT2D eigenvalue weighted by atomic mass is 127. The second-order valence-electron chi connectivity index (χ2n) is 6.00. The summed E-state index contributed by atoms with van der Waals surface area (Å²) in [5.41, 5.74) is 1.33. The second-order valence-corrected chi connectivity index (χ2v) is 7.84. The zero-order chi connectivity index (χ0) is 14.7. The van der Waals surface area contributed by atoms with E-state index in [0.29, 0.717) is 5.92 Å². The fourth-order valence-corrected chi connectivity index (χ4v) is 5.18. The quantitative estimate of drug-likeness (QED) is 0.384. The normalized spacial score (nSPS) is 29.4. The lowest BCUT2D eigenvalue weighted by molar-refractivity contribution is -0.171. The summed E-state index contributed by atoms with van der Waals surface area (Å²) in [4.78, 5) is 0. The number of piperidine rings is 1. The molecule has 2 fully saturated rings. The van der Waals surface area contributed by atoms with Crippen molar-refractivity contribution in [3.8, 4) is 0 Å². The minimum atomic E-state index is 0.00335. The fraction of sp³-hybridized carbons (Fsp3) is 0.529. The first-order valence-electron chi connectivity index (χ1n) is 7.66. The highest BCUT2D eigenvalue weighted by Gasteiger charge is 2.45. The van der Waals surface area contributed by atoms with Gasteiger partial charge in [0.2, 0.25) is 0 Å². The molecule has 2 atom stereocenters. The van der Waals surface area contributed by atoms with Gasteiger partial charge in [0.1, 0.15) is 0 Å². The second kappa shape index (κ2) is 7.02. The van der Waals surface area contributed by atoms with Gasteiger partial charge in [0, 0.05) is 40.2 Å². The molecule has 0 aliphatic carbocycles. The van der Waals surface area contributed by atoms with Crippen LogP contribution in [0.15, 0.2) is 43.0 Å². The van der Waals surface area contributed by atoms with Gasteiger partial charge in [-0.3, -0.25) is 0 Å². The summed E-state index contributed by atoms with van der Waals surface area (Å²) < 4.78 is 9.12. The molecular weight excluding hydrogens is 393 g/mol. The van der Waals surface area contributed by atoms with Gasteiger partial charge in [0.25, 0.3) is 0 Å². The van der Waals surface area contributed by atoms with E-state index in [2.05, 4.69) is 68.5 Å². The lowest BCUT2D eigenvalue weighted by atomic mass is 9.74. The molecule has 0 bridgehead atoms. The van der Waals surface area contributed by atoms with E-state index in [1.54, 1.807) is 0 Å². The van der Waals surface area contributed by atoms with E-state index < -0.39 is 0 Å². The third-order valence-electron chi connectivity index (χ3n) is 4.91. The fourth-order valence-electron chi connectivity index (χ4n) is 3.68. The number of nitrogens with zero attached hydrogens (tertiary/aromatic N) is 1. The maximum Gasteiger partial charge on any atom is 0.0833 e. The molecule has 3 rings (SSSR count). The molecule has 2 aliphatic heterocycles. The average Bonchev–Trinajstić information content (AvgIpc) is 2.56. The zero-order valence-corrected chi connectivity index (χ0v) is 15.2. The van der Waals surface area contributed by atoms with Crippen molar-refractivity contribution in [2.45, 2.75) is 37.4 Å². The monoisotopic (exact) mass is 415 g/mol. The van der Waals surface area contributed by atoms with Gasteiger partial charge >= 0.3 is 0 Å². The minimum Gasteiger partial charge on any atom is -0.366 e. The molecule has 0 aromatic heterocycles. The van der Waals surface area contributed by atoms with Gasteiger partial charge in [-0.05, 0) is 40.4 Å². The van der Waals surface area contributed by atoms with Crippen molar-refractivity contribution in [1.82, 2.24) is 4.31 Å². The summed E-state index contributed by atoms with van der Waals surface area (Å²) in [5.74, 6) is 0.499. The number of benzene rings is 1. The van der Waals surface area contributed by atoms with Crippen LogP contribution in [-0.2, 0) is 4.74 Å². The standard InChI is InChI=1S/C17H22INOS/c1-2-15-8-9-16(14-6-4-3-5-7-14)20-17(15)10-12-19(21-18)13-11-17/h2-7,15-16H,1,8-13H2. The molecule has 1 aromatic carbocycles. The maximum absolute atomic E-state index is 6.69. The van der Waals surface area contributed by atoms with Crippen molar-refractivity contribution in [2.24, 2.45) is 5.92 Å². The lowest BCUT2D eigenvalue weighted by Gasteiger charge is -2.50. The lowest BCUT2D eigenvalue weighted by Crippen LogP contribution is -2.51. The van der Waals surface area contributed by atoms with Gasteiger partial charge < -0.3 is 4.74 Å². The van der Waals surface area contributed by atoms with E-state index in [0.717, 1.165) is 32.4 Å². The van der Waals surface area contributed by atoms with Gasteiger partial charge in [-0.25, -0.2) is 4.31 Å². The van der Waals surface area contributed by atoms with Crippen molar-refractivity contribution in [1.29, 1.82) is 0 Å². The zero-order valence-electron chi connectivity index (χ0n) is 12.2. The van der Waals surface area contributed by atoms with Crippen molar-refractivity contribution >= 4 is 30.3 Å². The molecule has 0 saturated carbocycles. The Morgan fingerprint density at radius 1 is 1.24 bits per heavy atom. The Kier molecular flexibility index (Phi) is 5.30. The topological polar surface area (TPSA) is 12.5 Å². The molecule has 4 heteroatoms. The summed E-state index contributed by atoms with van der Waals surface area (Å²) >= 11 is 2.38. The molecule has 2 nitrogen and oxygen atoms in total. The number of hydrogen-bond acceptors (Lipinski definition) is 3. The Morgan fingerprint density at radius 3 is 2.57 bits per heavy atom. The van der Waals surface area contributed by atoms with E-state index in [1.807, 2.05) is 9.12 Å². The van der Waals surface area contributed by atoms with Crippen LogP contribution in [0.25, 0.3) is 0 Å². The Bertz CT molecular complexity index is 473. The molecule has 2 saturated heterocycles. The van der Waals surface area contributed by atoms with Crippen LogP contribution in [-0.4, -0.2) is 23.0 Å². The summed E-state index contributed by atoms with van der Waals surface area (Å²) in [5, 5.41) is 0. The molecule has 0 N–H and O–H groups in total. The van der Waals surface area contributed by atoms with E-state index >= 15 is 0 Å². The molecule has 114 valence electrons. The minimum absolute atomic E-state index is 0.00335. The van der Waals surface area contributed by atoms with Crippen LogP contribution in [0.1, 0.15) is 37.4 Å². The molecular formula is C17H22INOS. The van der Waals surface area contributed by atoms with Crippen molar-refractivity contribution in [2.75, 3.05) is 13.1 Å². The number of hydrogen-bond donors (Lipinski definition) is 0. The number of halogens is 1. The van der Waals surface area contributed by atoms with Crippen LogP contribution < -0.4 is 0 Å². The molecule has 2 aliphatic rings. The van der Waals surface area contributed by atoms with Crippen LogP contribution in [0.5, 0.6) is 0 Å². The van der Waals surface area contributed by atoms with Gasteiger partial charge in [-0.2, -0.15) is 0 Å². The Labute approximate surface area is 144 Å². The first kappa shape index (κ1) is 15.8. The highest BCUT2D eigenvalue weighted by molar-refractivity contribution is 14.2. The SMILES string of the molecule is C=CC1CCC(c2ccccc2)OC12CCN(SI)CC2. The molecule has 2 heterocycles. The van der Waals surface area contributed by atoms with Crippen LogP contribution >= 0.6 is 30.3 Å². The third kappa shape index (κ3) is 3.33. The Morgan fingerprint density at radius 2 is 1.95 bits per heavy atom. The third-order valence-corrected chi connectivity index (χ3v) is 7.15. The summed E-state index contributed by atoms with van der Waals surface area (Å²) in [7, 11) is 1.82. The van der Waals surface area contributed by atoms with E-state index in [9.17, 15) is 0 Å². The van der Waals surface area contributed by atoms with E-state index in [4.69, 9.17) is 4.74 Å². The number of rotatable bonds is 3. The molecule has 0 amide bonds. The first-order valence-corrected chi connectivity index (χ1v) is 11.0. The van der Waals surface area contributed by atoms with Crippen LogP contribution in [0, 0.1) is 5.92 Å². The molecule has 21 heavy (non-hydrogen) atoms. The number of ether oxygens (including phenoxy) is 1. The van der Waals surface area contributed by atoms with Crippen LogP contribution in [0.2, 0.25) is 0 Å². The van der Waals surface area contributed by atoms with Crippen LogP contribution in [0.4, 0.5) is 0 Å². The maximum atomic E-state index is 6.69. The Balaban J connectivity index is 1.78. The van der Waals surface area contributed by atoms with Gasteiger partial charge in [0.05, 0.1) is 11.7 Å². The average molecular weight is 415 g/mol. The summed E-state index contributed by atoms with van der Waals surface area (Å²) in [6, 6.07) is 10.7. The van der Waals surface area contributed by atoms with Crippen molar-refractivity contribution in [3.05, 3.63) is 48.6 Å².